The fraction of sp³-hybridized carbons (Fsp3) is 0.182. The van der Waals surface area contributed by atoms with Gasteiger partial charge in [-0.25, -0.2) is 9.18 Å². The van der Waals surface area contributed by atoms with Gasteiger partial charge < -0.3 is 14.2 Å². The molecule has 1 heterocycles. The number of anilines is 1. The number of carbonyl (C=O) groups is 2. The topological polar surface area (TPSA) is 65.1 Å². The number of para-hydroxylation sites is 1. The summed E-state index contributed by atoms with van der Waals surface area (Å²) in [6, 6.07) is 10.9. The van der Waals surface area contributed by atoms with Crippen molar-refractivity contribution in [2.45, 2.75) is 6.92 Å². The number of benzene rings is 2. The molecule has 0 aromatic heterocycles. The SMILES string of the molecule is COC(=O)C1=C(C)N(c2ccccc2F)C(=O)C1=Cc1cc(OC)ccc1OC. The van der Waals surface area contributed by atoms with Crippen molar-refractivity contribution in [2.75, 3.05) is 26.2 Å². The van der Waals surface area contributed by atoms with Crippen LogP contribution in [0, 0.1) is 5.82 Å². The maximum Gasteiger partial charge on any atom is 0.340 e. The molecular formula is C22H20FNO5. The molecule has 29 heavy (non-hydrogen) atoms. The van der Waals surface area contributed by atoms with Crippen LogP contribution >= 0.6 is 0 Å². The predicted molar refractivity (Wildman–Crippen MR) is 106 cm³/mol. The van der Waals surface area contributed by atoms with Crippen LogP contribution in [0.15, 0.2) is 59.3 Å². The Labute approximate surface area is 167 Å². The summed E-state index contributed by atoms with van der Waals surface area (Å²) in [6.07, 6.45) is 1.51. The summed E-state index contributed by atoms with van der Waals surface area (Å²) < 4.78 is 29.8. The molecule has 1 amide bonds. The molecule has 0 aliphatic carbocycles. The number of hydrogen-bond acceptors (Lipinski definition) is 5. The van der Waals surface area contributed by atoms with Gasteiger partial charge in [-0.3, -0.25) is 9.69 Å². The van der Waals surface area contributed by atoms with E-state index in [0.29, 0.717) is 17.1 Å². The normalized spacial score (nSPS) is 15.1. The molecule has 7 heteroatoms. The van der Waals surface area contributed by atoms with Crippen molar-refractivity contribution in [2.24, 2.45) is 0 Å². The number of methoxy groups -OCH3 is 3. The number of allylic oxidation sites excluding steroid dienone is 1. The average Bonchev–Trinajstić information content (AvgIpc) is 2.97. The van der Waals surface area contributed by atoms with Crippen LogP contribution in [0.25, 0.3) is 6.08 Å². The van der Waals surface area contributed by atoms with Gasteiger partial charge in [-0.1, -0.05) is 12.1 Å². The van der Waals surface area contributed by atoms with Crippen LogP contribution in [0.3, 0.4) is 0 Å². The molecule has 0 N–H and O–H groups in total. The lowest BCUT2D eigenvalue weighted by molar-refractivity contribution is -0.136. The van der Waals surface area contributed by atoms with Gasteiger partial charge in [0, 0.05) is 11.3 Å². The first-order chi connectivity index (χ1) is 13.9. The van der Waals surface area contributed by atoms with E-state index in [1.165, 1.54) is 50.5 Å². The fourth-order valence-electron chi connectivity index (χ4n) is 3.21. The van der Waals surface area contributed by atoms with E-state index < -0.39 is 17.7 Å². The van der Waals surface area contributed by atoms with E-state index >= 15 is 0 Å². The molecule has 6 nitrogen and oxygen atoms in total. The largest absolute Gasteiger partial charge is 0.497 e. The zero-order chi connectivity index (χ0) is 21.1. The molecule has 1 aliphatic rings. The van der Waals surface area contributed by atoms with Crippen molar-refractivity contribution < 1.29 is 28.2 Å². The molecule has 150 valence electrons. The van der Waals surface area contributed by atoms with E-state index in [1.54, 1.807) is 31.2 Å². The van der Waals surface area contributed by atoms with E-state index in [0.717, 1.165) is 0 Å². The minimum absolute atomic E-state index is 0.0532. The number of rotatable bonds is 5. The van der Waals surface area contributed by atoms with E-state index in [9.17, 15) is 14.0 Å². The molecule has 0 radical (unpaired) electrons. The maximum atomic E-state index is 14.4. The Morgan fingerprint density at radius 1 is 1.07 bits per heavy atom. The van der Waals surface area contributed by atoms with Gasteiger partial charge in [0.15, 0.2) is 0 Å². The van der Waals surface area contributed by atoms with Crippen LogP contribution in [0.4, 0.5) is 10.1 Å². The quantitative estimate of drug-likeness (QED) is 0.568. The monoisotopic (exact) mass is 397 g/mol. The molecule has 2 aromatic carbocycles. The minimum Gasteiger partial charge on any atom is -0.497 e. The Bertz CT molecular complexity index is 1040. The Morgan fingerprint density at radius 3 is 2.41 bits per heavy atom. The van der Waals surface area contributed by atoms with Gasteiger partial charge in [0.2, 0.25) is 0 Å². The molecule has 0 saturated carbocycles. The van der Waals surface area contributed by atoms with Crippen LogP contribution < -0.4 is 14.4 Å². The minimum atomic E-state index is -0.692. The molecule has 0 unspecified atom stereocenters. The first kappa shape index (κ1) is 20.1. The van der Waals surface area contributed by atoms with Gasteiger partial charge in [0.25, 0.3) is 5.91 Å². The number of amides is 1. The lowest BCUT2D eigenvalue weighted by Crippen LogP contribution is -2.25. The summed E-state index contributed by atoms with van der Waals surface area (Å²) in [7, 11) is 4.24. The second-order valence-electron chi connectivity index (χ2n) is 6.21. The number of nitrogens with zero attached hydrogens (tertiary/aromatic N) is 1. The average molecular weight is 397 g/mol. The van der Waals surface area contributed by atoms with E-state index in [4.69, 9.17) is 14.2 Å². The number of ether oxygens (including phenoxy) is 3. The van der Waals surface area contributed by atoms with Gasteiger partial charge in [-0.15, -0.1) is 0 Å². The number of hydrogen-bond donors (Lipinski definition) is 0. The van der Waals surface area contributed by atoms with Gasteiger partial charge in [-0.2, -0.15) is 0 Å². The summed E-state index contributed by atoms with van der Waals surface area (Å²) in [6.45, 7) is 1.57. The van der Waals surface area contributed by atoms with Crippen LogP contribution in [0.5, 0.6) is 11.5 Å². The number of esters is 1. The number of halogens is 1. The van der Waals surface area contributed by atoms with Crippen molar-refractivity contribution in [3.05, 3.63) is 70.7 Å². The molecule has 3 rings (SSSR count). The molecule has 0 fully saturated rings. The fourth-order valence-corrected chi connectivity index (χ4v) is 3.21. The first-order valence-electron chi connectivity index (χ1n) is 8.75. The molecule has 0 bridgehead atoms. The molecule has 2 aromatic rings. The van der Waals surface area contributed by atoms with Crippen molar-refractivity contribution >= 4 is 23.6 Å². The lowest BCUT2D eigenvalue weighted by atomic mass is 10.0. The van der Waals surface area contributed by atoms with E-state index in [2.05, 4.69) is 0 Å². The van der Waals surface area contributed by atoms with Gasteiger partial charge in [0.1, 0.15) is 17.3 Å². The number of carbonyl (C=O) groups excluding carboxylic acids is 2. The Balaban J connectivity index is 2.21. The van der Waals surface area contributed by atoms with Gasteiger partial charge in [-0.05, 0) is 43.3 Å². The van der Waals surface area contributed by atoms with Crippen LogP contribution in [-0.2, 0) is 14.3 Å². The Kier molecular flexibility index (Phi) is 5.68. The highest BCUT2D eigenvalue weighted by molar-refractivity contribution is 6.24. The molecular weight excluding hydrogens is 377 g/mol. The van der Waals surface area contributed by atoms with Gasteiger partial charge in [0.05, 0.1) is 38.2 Å². The Morgan fingerprint density at radius 2 is 1.79 bits per heavy atom. The summed E-state index contributed by atoms with van der Waals surface area (Å²) in [5.74, 6) is -0.781. The maximum absolute atomic E-state index is 14.4. The summed E-state index contributed by atoms with van der Waals surface area (Å²) in [5, 5.41) is 0. The molecule has 0 atom stereocenters. The third-order valence-corrected chi connectivity index (χ3v) is 4.62. The van der Waals surface area contributed by atoms with Crippen LogP contribution in [-0.4, -0.2) is 33.2 Å². The molecule has 1 aliphatic heterocycles. The van der Waals surface area contributed by atoms with Crippen LogP contribution in [0.2, 0.25) is 0 Å². The van der Waals surface area contributed by atoms with Crippen molar-refractivity contribution in [3.63, 3.8) is 0 Å². The van der Waals surface area contributed by atoms with E-state index in [1.807, 2.05) is 0 Å². The summed E-state index contributed by atoms with van der Waals surface area (Å²) in [4.78, 5) is 26.9. The van der Waals surface area contributed by atoms with Crippen molar-refractivity contribution in [1.29, 1.82) is 0 Å². The summed E-state index contributed by atoms with van der Waals surface area (Å²) in [5.41, 5.74) is 0.993. The highest BCUT2D eigenvalue weighted by Crippen LogP contribution is 2.37. The third kappa shape index (κ3) is 3.59. The smallest absolute Gasteiger partial charge is 0.340 e. The molecule has 0 saturated heterocycles. The first-order valence-corrected chi connectivity index (χ1v) is 8.75. The second-order valence-corrected chi connectivity index (χ2v) is 6.21. The van der Waals surface area contributed by atoms with Crippen molar-refractivity contribution in [1.82, 2.24) is 0 Å². The van der Waals surface area contributed by atoms with Crippen molar-refractivity contribution in [3.8, 4) is 11.5 Å². The second kappa shape index (κ2) is 8.18. The zero-order valence-corrected chi connectivity index (χ0v) is 16.5. The van der Waals surface area contributed by atoms with E-state index in [-0.39, 0.29) is 22.5 Å². The zero-order valence-electron chi connectivity index (χ0n) is 16.5. The molecule has 0 spiro atoms. The Hall–Kier alpha value is -3.61. The highest BCUT2D eigenvalue weighted by Gasteiger charge is 2.39. The van der Waals surface area contributed by atoms with Crippen LogP contribution in [0.1, 0.15) is 12.5 Å². The highest BCUT2D eigenvalue weighted by atomic mass is 19.1. The predicted octanol–water partition coefficient (Wildman–Crippen LogP) is 3.72. The lowest BCUT2D eigenvalue weighted by Gasteiger charge is -2.18. The third-order valence-electron chi connectivity index (χ3n) is 4.62. The van der Waals surface area contributed by atoms with Gasteiger partial charge >= 0.3 is 5.97 Å². The standard InChI is InChI=1S/C22H20FNO5/c1-13-20(22(26)29-4)16(12-14-11-15(27-2)9-10-19(14)28-3)21(25)24(13)18-8-6-5-7-17(18)23/h5-12H,1-4H3. The summed E-state index contributed by atoms with van der Waals surface area (Å²) >= 11 is 0.